The van der Waals surface area contributed by atoms with Crippen LogP contribution in [0, 0.1) is 13.8 Å². The Morgan fingerprint density at radius 1 is 1.22 bits per heavy atom. The Kier molecular flexibility index (Phi) is 3.70. The SMILES string of the molecule is CCNc1nc(C)cn1C(C)c1ccc(C)cc1. The summed E-state index contributed by atoms with van der Waals surface area (Å²) in [4.78, 5) is 4.52. The van der Waals surface area contributed by atoms with E-state index >= 15 is 0 Å². The lowest BCUT2D eigenvalue weighted by Crippen LogP contribution is -2.11. The van der Waals surface area contributed by atoms with Crippen LogP contribution in [0.2, 0.25) is 0 Å². The van der Waals surface area contributed by atoms with E-state index in [1.807, 2.05) is 6.92 Å². The number of aryl methyl sites for hydroxylation is 2. The van der Waals surface area contributed by atoms with E-state index in [1.54, 1.807) is 0 Å². The van der Waals surface area contributed by atoms with Crippen molar-refractivity contribution in [2.24, 2.45) is 0 Å². The molecule has 96 valence electrons. The van der Waals surface area contributed by atoms with E-state index in [0.29, 0.717) is 6.04 Å². The van der Waals surface area contributed by atoms with Gasteiger partial charge in [0.05, 0.1) is 11.7 Å². The van der Waals surface area contributed by atoms with Gasteiger partial charge in [-0.3, -0.25) is 0 Å². The van der Waals surface area contributed by atoms with Crippen LogP contribution in [0.15, 0.2) is 30.5 Å². The molecule has 0 aliphatic heterocycles. The van der Waals surface area contributed by atoms with Gasteiger partial charge in [0.25, 0.3) is 0 Å². The third-order valence-electron chi connectivity index (χ3n) is 3.16. The number of benzene rings is 1. The maximum atomic E-state index is 4.52. The zero-order valence-electron chi connectivity index (χ0n) is 11.6. The molecule has 1 aromatic carbocycles. The first-order valence-electron chi connectivity index (χ1n) is 6.47. The van der Waals surface area contributed by atoms with Crippen LogP contribution in [-0.2, 0) is 0 Å². The van der Waals surface area contributed by atoms with Gasteiger partial charge in [0, 0.05) is 12.7 Å². The molecule has 0 radical (unpaired) electrons. The summed E-state index contributed by atoms with van der Waals surface area (Å²) in [6.45, 7) is 9.31. The molecule has 0 aliphatic rings. The minimum absolute atomic E-state index is 0.292. The van der Waals surface area contributed by atoms with Gasteiger partial charge in [0.2, 0.25) is 5.95 Å². The van der Waals surface area contributed by atoms with Crippen LogP contribution in [0.1, 0.15) is 36.7 Å². The number of rotatable bonds is 4. The Balaban J connectivity index is 2.32. The van der Waals surface area contributed by atoms with Gasteiger partial charge in [-0.25, -0.2) is 4.98 Å². The van der Waals surface area contributed by atoms with Crippen LogP contribution in [0.4, 0.5) is 5.95 Å². The molecule has 0 saturated heterocycles. The van der Waals surface area contributed by atoms with Crippen LogP contribution in [0.25, 0.3) is 0 Å². The highest BCUT2D eigenvalue weighted by Gasteiger charge is 2.12. The molecule has 0 fully saturated rings. The van der Waals surface area contributed by atoms with E-state index in [2.05, 4.69) is 66.1 Å². The van der Waals surface area contributed by atoms with Gasteiger partial charge in [-0.2, -0.15) is 0 Å². The highest BCUT2D eigenvalue weighted by Crippen LogP contribution is 2.23. The third kappa shape index (κ3) is 2.55. The van der Waals surface area contributed by atoms with Crippen LogP contribution < -0.4 is 5.32 Å². The Morgan fingerprint density at radius 2 is 1.89 bits per heavy atom. The molecule has 3 heteroatoms. The summed E-state index contributed by atoms with van der Waals surface area (Å²) in [6, 6.07) is 8.97. The van der Waals surface area contributed by atoms with Gasteiger partial charge < -0.3 is 9.88 Å². The minimum Gasteiger partial charge on any atom is -0.356 e. The minimum atomic E-state index is 0.292. The van der Waals surface area contributed by atoms with E-state index in [4.69, 9.17) is 0 Å². The second-order valence-corrected chi connectivity index (χ2v) is 4.73. The van der Waals surface area contributed by atoms with Crippen molar-refractivity contribution in [1.29, 1.82) is 0 Å². The normalized spacial score (nSPS) is 12.4. The molecule has 0 saturated carbocycles. The van der Waals surface area contributed by atoms with Crippen LogP contribution in [0.3, 0.4) is 0 Å². The first kappa shape index (κ1) is 12.7. The molecular weight excluding hydrogens is 222 g/mol. The van der Waals surface area contributed by atoms with Gasteiger partial charge >= 0.3 is 0 Å². The summed E-state index contributed by atoms with van der Waals surface area (Å²) < 4.78 is 2.20. The summed E-state index contributed by atoms with van der Waals surface area (Å²) in [5.74, 6) is 0.947. The van der Waals surface area contributed by atoms with Crippen molar-refractivity contribution in [2.75, 3.05) is 11.9 Å². The van der Waals surface area contributed by atoms with Gasteiger partial charge in [0.15, 0.2) is 0 Å². The first-order chi connectivity index (χ1) is 8.61. The van der Waals surface area contributed by atoms with E-state index in [1.165, 1.54) is 11.1 Å². The highest BCUT2D eigenvalue weighted by atomic mass is 15.2. The largest absolute Gasteiger partial charge is 0.356 e. The quantitative estimate of drug-likeness (QED) is 0.890. The topological polar surface area (TPSA) is 29.9 Å². The summed E-state index contributed by atoms with van der Waals surface area (Å²) >= 11 is 0. The Hall–Kier alpha value is -1.77. The zero-order chi connectivity index (χ0) is 13.1. The van der Waals surface area contributed by atoms with Gasteiger partial charge in [-0.15, -0.1) is 0 Å². The van der Waals surface area contributed by atoms with Crippen molar-refractivity contribution in [3.63, 3.8) is 0 Å². The van der Waals surface area contributed by atoms with E-state index in [9.17, 15) is 0 Å². The molecule has 3 nitrogen and oxygen atoms in total. The molecule has 0 bridgehead atoms. The molecule has 18 heavy (non-hydrogen) atoms. The average molecular weight is 243 g/mol. The Labute approximate surface area is 109 Å². The van der Waals surface area contributed by atoms with Crippen molar-refractivity contribution in [1.82, 2.24) is 9.55 Å². The van der Waals surface area contributed by atoms with Crippen molar-refractivity contribution in [2.45, 2.75) is 33.7 Å². The molecule has 1 heterocycles. The molecule has 1 unspecified atom stereocenters. The molecule has 0 aliphatic carbocycles. The molecule has 1 N–H and O–H groups in total. The van der Waals surface area contributed by atoms with Gasteiger partial charge in [-0.05, 0) is 33.3 Å². The zero-order valence-corrected chi connectivity index (χ0v) is 11.6. The predicted octanol–water partition coefficient (Wildman–Crippen LogP) is 3.54. The molecule has 1 aromatic heterocycles. The Morgan fingerprint density at radius 3 is 2.50 bits per heavy atom. The molecular formula is C15H21N3. The summed E-state index contributed by atoms with van der Waals surface area (Å²) in [6.07, 6.45) is 2.10. The monoisotopic (exact) mass is 243 g/mol. The van der Waals surface area contributed by atoms with Gasteiger partial charge in [-0.1, -0.05) is 29.8 Å². The molecule has 0 spiro atoms. The molecule has 0 amide bonds. The average Bonchev–Trinajstić information content (AvgIpc) is 2.71. The molecule has 2 rings (SSSR count). The van der Waals surface area contributed by atoms with E-state index in [0.717, 1.165) is 18.2 Å². The van der Waals surface area contributed by atoms with Crippen molar-refractivity contribution >= 4 is 5.95 Å². The second-order valence-electron chi connectivity index (χ2n) is 4.73. The van der Waals surface area contributed by atoms with Crippen molar-refractivity contribution in [3.8, 4) is 0 Å². The van der Waals surface area contributed by atoms with Crippen molar-refractivity contribution < 1.29 is 0 Å². The van der Waals surface area contributed by atoms with Gasteiger partial charge in [0.1, 0.15) is 0 Å². The van der Waals surface area contributed by atoms with Crippen LogP contribution in [-0.4, -0.2) is 16.1 Å². The van der Waals surface area contributed by atoms with Crippen LogP contribution >= 0.6 is 0 Å². The number of anilines is 1. The van der Waals surface area contributed by atoms with E-state index < -0.39 is 0 Å². The fourth-order valence-electron chi connectivity index (χ4n) is 2.11. The van der Waals surface area contributed by atoms with Crippen LogP contribution in [0.5, 0.6) is 0 Å². The fraction of sp³-hybridized carbons (Fsp3) is 0.400. The summed E-state index contributed by atoms with van der Waals surface area (Å²) in [5, 5.41) is 3.31. The lowest BCUT2D eigenvalue weighted by atomic mass is 10.1. The smallest absolute Gasteiger partial charge is 0.203 e. The summed E-state index contributed by atoms with van der Waals surface area (Å²) in [5.41, 5.74) is 3.64. The number of hydrogen-bond donors (Lipinski definition) is 1. The lowest BCUT2D eigenvalue weighted by molar-refractivity contribution is 0.643. The summed E-state index contributed by atoms with van der Waals surface area (Å²) in [7, 11) is 0. The Bertz CT molecular complexity index is 511. The number of imidazole rings is 1. The maximum Gasteiger partial charge on any atom is 0.203 e. The van der Waals surface area contributed by atoms with E-state index in [-0.39, 0.29) is 0 Å². The second kappa shape index (κ2) is 5.25. The molecule has 2 aromatic rings. The molecule has 1 atom stereocenters. The third-order valence-corrected chi connectivity index (χ3v) is 3.16. The number of aromatic nitrogens is 2. The highest BCUT2D eigenvalue weighted by molar-refractivity contribution is 5.33. The number of hydrogen-bond acceptors (Lipinski definition) is 2. The number of nitrogens with zero attached hydrogens (tertiary/aromatic N) is 2. The first-order valence-corrected chi connectivity index (χ1v) is 6.47. The number of nitrogens with one attached hydrogen (secondary N) is 1. The predicted molar refractivity (Wildman–Crippen MR) is 76.1 cm³/mol. The lowest BCUT2D eigenvalue weighted by Gasteiger charge is -2.17. The standard InChI is InChI=1S/C15H21N3/c1-5-16-15-17-12(3)10-18(15)13(4)14-8-6-11(2)7-9-14/h6-10,13H,5H2,1-4H3,(H,16,17). The maximum absolute atomic E-state index is 4.52. The van der Waals surface area contributed by atoms with Crippen molar-refractivity contribution in [3.05, 3.63) is 47.3 Å². The fourth-order valence-corrected chi connectivity index (χ4v) is 2.11.